The van der Waals surface area contributed by atoms with Gasteiger partial charge in [-0.1, -0.05) is 28.1 Å². The topological polar surface area (TPSA) is 38.3 Å². The summed E-state index contributed by atoms with van der Waals surface area (Å²) >= 11 is 3.22. The summed E-state index contributed by atoms with van der Waals surface area (Å²) in [5, 5.41) is 1.28. The van der Waals surface area contributed by atoms with Crippen LogP contribution in [0.1, 0.15) is 5.56 Å². The maximum Gasteiger partial charge on any atom is 0.457 e. The van der Waals surface area contributed by atoms with Gasteiger partial charge in [0, 0.05) is 4.47 Å². The Morgan fingerprint density at radius 2 is 1.94 bits per heavy atom. The number of halogens is 4. The molecule has 0 aliphatic heterocycles. The van der Waals surface area contributed by atoms with E-state index in [1.807, 2.05) is 0 Å². The lowest BCUT2D eigenvalue weighted by atomic mass is 10.1. The van der Waals surface area contributed by atoms with Gasteiger partial charge >= 0.3 is 12.3 Å². The predicted molar refractivity (Wildman–Crippen MR) is 62.8 cm³/mol. The molecule has 0 unspecified atom stereocenters. The fourth-order valence-electron chi connectivity index (χ4n) is 1.39. The van der Waals surface area contributed by atoms with E-state index in [4.69, 9.17) is 0 Å². The molecular formula is C11H11BrF3NO2. The first kappa shape index (κ1) is 15.0. The third-order valence-corrected chi connectivity index (χ3v) is 2.71. The van der Waals surface area contributed by atoms with Crippen LogP contribution in [0.4, 0.5) is 13.2 Å². The van der Waals surface area contributed by atoms with E-state index in [9.17, 15) is 18.0 Å². The number of methoxy groups -OCH3 is 1. The Morgan fingerprint density at radius 3 is 2.39 bits per heavy atom. The molecule has 0 aliphatic rings. The fraction of sp³-hybridized carbons (Fsp3) is 0.364. The standard InChI is InChI=1S/C11H11BrF3NO2/c1-18-10(17)9(16-11(13,14)15)6-7-2-4-8(12)5-3-7/h2-5,9,16H,6H2,1H3/t9-/m1/s1. The molecule has 1 aromatic rings. The van der Waals surface area contributed by atoms with Gasteiger partial charge in [0.2, 0.25) is 0 Å². The highest BCUT2D eigenvalue weighted by Crippen LogP contribution is 2.16. The average Bonchev–Trinajstić information content (AvgIpc) is 2.28. The van der Waals surface area contributed by atoms with Gasteiger partial charge in [0.15, 0.2) is 0 Å². The van der Waals surface area contributed by atoms with Crippen molar-refractivity contribution in [3.8, 4) is 0 Å². The van der Waals surface area contributed by atoms with Crippen LogP contribution in [-0.4, -0.2) is 25.4 Å². The maximum atomic E-state index is 12.2. The molecule has 0 amide bonds. The number of rotatable bonds is 4. The highest BCUT2D eigenvalue weighted by Gasteiger charge is 2.34. The van der Waals surface area contributed by atoms with Crippen molar-refractivity contribution in [2.24, 2.45) is 0 Å². The predicted octanol–water partition coefficient (Wildman–Crippen LogP) is 2.64. The molecule has 0 radical (unpaired) electrons. The van der Waals surface area contributed by atoms with E-state index in [1.165, 1.54) is 5.32 Å². The van der Waals surface area contributed by atoms with Crippen molar-refractivity contribution in [3.05, 3.63) is 34.3 Å². The molecule has 0 aromatic heterocycles. The molecule has 1 atom stereocenters. The molecule has 1 rings (SSSR count). The quantitative estimate of drug-likeness (QED) is 0.683. The second-order valence-corrected chi connectivity index (χ2v) is 4.46. The van der Waals surface area contributed by atoms with Gasteiger partial charge in [0.05, 0.1) is 7.11 Å². The molecule has 18 heavy (non-hydrogen) atoms. The number of benzene rings is 1. The molecule has 3 nitrogen and oxygen atoms in total. The largest absolute Gasteiger partial charge is 0.468 e. The average molecular weight is 326 g/mol. The van der Waals surface area contributed by atoms with Gasteiger partial charge in [-0.2, -0.15) is 13.2 Å². The highest BCUT2D eigenvalue weighted by molar-refractivity contribution is 9.10. The molecule has 0 aliphatic carbocycles. The molecule has 0 saturated heterocycles. The number of alkyl halides is 3. The first-order valence-electron chi connectivity index (χ1n) is 4.98. The number of esters is 1. The van der Waals surface area contributed by atoms with E-state index in [1.54, 1.807) is 24.3 Å². The van der Waals surface area contributed by atoms with Crippen molar-refractivity contribution >= 4 is 21.9 Å². The van der Waals surface area contributed by atoms with Gasteiger partial charge in [-0.3, -0.25) is 4.79 Å². The minimum atomic E-state index is -4.63. The minimum Gasteiger partial charge on any atom is -0.468 e. The van der Waals surface area contributed by atoms with Gasteiger partial charge in [-0.05, 0) is 24.1 Å². The second kappa shape index (κ2) is 6.19. The molecule has 0 bridgehead atoms. The molecule has 0 saturated carbocycles. The van der Waals surface area contributed by atoms with Crippen LogP contribution in [0.2, 0.25) is 0 Å². The summed E-state index contributed by atoms with van der Waals surface area (Å²) < 4.78 is 41.9. The summed E-state index contributed by atoms with van der Waals surface area (Å²) in [5.74, 6) is -0.949. The summed E-state index contributed by atoms with van der Waals surface area (Å²) in [5.41, 5.74) is 0.602. The van der Waals surface area contributed by atoms with Crippen LogP contribution in [0.5, 0.6) is 0 Å². The first-order chi connectivity index (χ1) is 8.31. The molecule has 1 N–H and O–H groups in total. The maximum absolute atomic E-state index is 12.2. The van der Waals surface area contributed by atoms with Crippen LogP contribution >= 0.6 is 15.9 Å². The van der Waals surface area contributed by atoms with E-state index in [2.05, 4.69) is 20.7 Å². The van der Waals surface area contributed by atoms with Crippen LogP contribution in [0.15, 0.2) is 28.7 Å². The number of carbonyl (C=O) groups is 1. The molecule has 0 fully saturated rings. The number of nitrogens with one attached hydrogen (secondary N) is 1. The van der Waals surface area contributed by atoms with E-state index >= 15 is 0 Å². The van der Waals surface area contributed by atoms with Crippen molar-refractivity contribution in [3.63, 3.8) is 0 Å². The Bertz CT molecular complexity index is 406. The molecule has 100 valence electrons. The van der Waals surface area contributed by atoms with Crippen molar-refractivity contribution in [1.82, 2.24) is 5.32 Å². The van der Waals surface area contributed by atoms with Crippen LogP contribution < -0.4 is 5.32 Å². The lowest BCUT2D eigenvalue weighted by Gasteiger charge is -2.18. The Balaban J connectivity index is 2.78. The number of carbonyl (C=O) groups excluding carboxylic acids is 1. The monoisotopic (exact) mass is 325 g/mol. The Hall–Kier alpha value is -1.08. The fourth-order valence-corrected chi connectivity index (χ4v) is 1.65. The summed E-state index contributed by atoms with van der Waals surface area (Å²) in [6, 6.07) is 5.21. The third-order valence-electron chi connectivity index (χ3n) is 2.18. The Kier molecular flexibility index (Phi) is 5.15. The summed E-state index contributed by atoms with van der Waals surface area (Å²) in [4.78, 5) is 11.3. The Morgan fingerprint density at radius 1 is 1.39 bits per heavy atom. The number of hydrogen-bond donors (Lipinski definition) is 1. The summed E-state index contributed by atoms with van der Waals surface area (Å²) in [6.45, 7) is 0. The van der Waals surface area contributed by atoms with Gasteiger partial charge < -0.3 is 4.74 Å². The molecule has 1 aromatic carbocycles. The van der Waals surface area contributed by atoms with E-state index in [0.717, 1.165) is 11.6 Å². The third kappa shape index (κ3) is 5.05. The van der Waals surface area contributed by atoms with Gasteiger partial charge in [0.25, 0.3) is 0 Å². The van der Waals surface area contributed by atoms with E-state index in [0.29, 0.717) is 5.56 Å². The SMILES string of the molecule is COC(=O)[C@@H](Cc1ccc(Br)cc1)NC(F)(F)F. The molecule has 0 heterocycles. The Labute approximate surface area is 110 Å². The van der Waals surface area contributed by atoms with Crippen molar-refractivity contribution in [2.75, 3.05) is 7.11 Å². The van der Waals surface area contributed by atoms with Crippen molar-refractivity contribution in [1.29, 1.82) is 0 Å². The van der Waals surface area contributed by atoms with Gasteiger partial charge in [0.1, 0.15) is 6.04 Å². The smallest absolute Gasteiger partial charge is 0.457 e. The van der Waals surface area contributed by atoms with Gasteiger partial charge in [-0.25, -0.2) is 5.32 Å². The van der Waals surface area contributed by atoms with Gasteiger partial charge in [-0.15, -0.1) is 0 Å². The zero-order chi connectivity index (χ0) is 13.8. The lowest BCUT2D eigenvalue weighted by Crippen LogP contribution is -2.47. The zero-order valence-electron chi connectivity index (χ0n) is 9.42. The summed E-state index contributed by atoms with van der Waals surface area (Å²) in [6.07, 6.45) is -4.73. The molecule has 0 spiro atoms. The number of ether oxygens (including phenoxy) is 1. The second-order valence-electron chi connectivity index (χ2n) is 3.55. The lowest BCUT2D eigenvalue weighted by molar-refractivity contribution is -0.175. The normalized spacial score (nSPS) is 13.2. The first-order valence-corrected chi connectivity index (χ1v) is 5.78. The van der Waals surface area contributed by atoms with Crippen LogP contribution in [-0.2, 0) is 16.0 Å². The summed E-state index contributed by atoms with van der Waals surface area (Å²) in [7, 11) is 1.05. The van der Waals surface area contributed by atoms with Crippen LogP contribution in [0, 0.1) is 0 Å². The highest BCUT2D eigenvalue weighted by atomic mass is 79.9. The van der Waals surface area contributed by atoms with E-state index in [-0.39, 0.29) is 6.42 Å². The molecule has 7 heteroatoms. The minimum absolute atomic E-state index is 0.0978. The van der Waals surface area contributed by atoms with Crippen molar-refractivity contribution < 1.29 is 22.7 Å². The van der Waals surface area contributed by atoms with E-state index < -0.39 is 18.3 Å². The zero-order valence-corrected chi connectivity index (χ0v) is 11.0. The number of hydrogen-bond acceptors (Lipinski definition) is 3. The van der Waals surface area contributed by atoms with Crippen LogP contribution in [0.3, 0.4) is 0 Å². The van der Waals surface area contributed by atoms with Crippen molar-refractivity contribution in [2.45, 2.75) is 18.8 Å². The molecular weight excluding hydrogens is 315 g/mol. The van der Waals surface area contributed by atoms with Crippen LogP contribution in [0.25, 0.3) is 0 Å².